The minimum Gasteiger partial charge on any atom is -0.497 e. The molecule has 0 saturated carbocycles. The SMILES string of the molecule is COc1ccc(C2=C(C(=O)c3ccc(OCCN4CCOCC4)cc3)c3ccc(OC)cc3CC2)cc1. The van der Waals surface area contributed by atoms with Crippen LogP contribution in [0.25, 0.3) is 11.1 Å². The molecule has 0 atom stereocenters. The van der Waals surface area contributed by atoms with Gasteiger partial charge in [-0.3, -0.25) is 9.69 Å². The van der Waals surface area contributed by atoms with Gasteiger partial charge in [-0.1, -0.05) is 18.2 Å². The molecule has 6 heteroatoms. The van der Waals surface area contributed by atoms with E-state index in [-0.39, 0.29) is 5.78 Å². The molecule has 1 saturated heterocycles. The van der Waals surface area contributed by atoms with Gasteiger partial charge < -0.3 is 18.9 Å². The van der Waals surface area contributed by atoms with Gasteiger partial charge in [0, 0.05) is 30.8 Å². The third kappa shape index (κ3) is 5.71. The number of rotatable bonds is 9. The average Bonchev–Trinajstić information content (AvgIpc) is 2.97. The fourth-order valence-electron chi connectivity index (χ4n) is 5.00. The first-order chi connectivity index (χ1) is 18.2. The maximum absolute atomic E-state index is 14.0. The van der Waals surface area contributed by atoms with Crippen molar-refractivity contribution in [1.29, 1.82) is 0 Å². The summed E-state index contributed by atoms with van der Waals surface area (Å²) in [5, 5.41) is 0. The van der Waals surface area contributed by atoms with Crippen molar-refractivity contribution in [3.8, 4) is 17.2 Å². The van der Waals surface area contributed by atoms with Crippen molar-refractivity contribution < 1.29 is 23.7 Å². The van der Waals surface area contributed by atoms with Crippen molar-refractivity contribution in [3.05, 3.63) is 89.0 Å². The second-order valence-electron chi connectivity index (χ2n) is 9.26. The third-order valence-electron chi connectivity index (χ3n) is 7.09. The number of aryl methyl sites for hydroxylation is 1. The summed E-state index contributed by atoms with van der Waals surface area (Å²) in [6.45, 7) is 4.91. The molecule has 192 valence electrons. The molecule has 2 aliphatic rings. The van der Waals surface area contributed by atoms with Gasteiger partial charge in [0.15, 0.2) is 5.78 Å². The van der Waals surface area contributed by atoms with Crippen molar-refractivity contribution in [3.63, 3.8) is 0 Å². The summed E-state index contributed by atoms with van der Waals surface area (Å²) in [6, 6.07) is 21.4. The summed E-state index contributed by atoms with van der Waals surface area (Å²) < 4.78 is 22.1. The van der Waals surface area contributed by atoms with Crippen LogP contribution in [0.2, 0.25) is 0 Å². The van der Waals surface area contributed by atoms with E-state index in [0.717, 1.165) is 90.8 Å². The summed E-state index contributed by atoms with van der Waals surface area (Å²) >= 11 is 0. The molecule has 0 radical (unpaired) electrons. The van der Waals surface area contributed by atoms with Gasteiger partial charge >= 0.3 is 0 Å². The molecule has 6 nitrogen and oxygen atoms in total. The molecular weight excluding hydrogens is 466 g/mol. The molecule has 1 fully saturated rings. The number of carbonyl (C=O) groups is 1. The van der Waals surface area contributed by atoms with Crippen molar-refractivity contribution in [1.82, 2.24) is 4.90 Å². The molecule has 1 aliphatic carbocycles. The van der Waals surface area contributed by atoms with Crippen LogP contribution in [0.5, 0.6) is 17.2 Å². The monoisotopic (exact) mass is 499 g/mol. The molecular formula is C31H33NO5. The molecule has 0 amide bonds. The van der Waals surface area contributed by atoms with E-state index in [4.69, 9.17) is 18.9 Å². The fraction of sp³-hybridized carbons (Fsp3) is 0.323. The zero-order valence-corrected chi connectivity index (χ0v) is 21.5. The van der Waals surface area contributed by atoms with E-state index < -0.39 is 0 Å². The van der Waals surface area contributed by atoms with E-state index in [0.29, 0.717) is 12.2 Å². The molecule has 1 heterocycles. The van der Waals surface area contributed by atoms with Crippen molar-refractivity contribution in [2.45, 2.75) is 12.8 Å². The van der Waals surface area contributed by atoms with E-state index in [9.17, 15) is 4.79 Å². The number of fused-ring (bicyclic) bond motifs is 1. The Morgan fingerprint density at radius 3 is 2.22 bits per heavy atom. The summed E-state index contributed by atoms with van der Waals surface area (Å²) in [7, 11) is 3.32. The van der Waals surface area contributed by atoms with Crippen LogP contribution < -0.4 is 14.2 Å². The summed E-state index contributed by atoms with van der Waals surface area (Å²) in [5.41, 5.74) is 5.57. The Balaban J connectivity index is 1.40. The highest BCUT2D eigenvalue weighted by Gasteiger charge is 2.26. The molecule has 37 heavy (non-hydrogen) atoms. The number of Topliss-reactive ketones (excluding diaryl/α,β-unsaturated/α-hetero) is 1. The number of morpholine rings is 1. The van der Waals surface area contributed by atoms with Crippen LogP contribution in [0.15, 0.2) is 66.7 Å². The number of nitrogens with zero attached hydrogens (tertiary/aromatic N) is 1. The van der Waals surface area contributed by atoms with E-state index in [1.165, 1.54) is 0 Å². The van der Waals surface area contributed by atoms with Crippen molar-refractivity contribution in [2.75, 3.05) is 53.7 Å². The summed E-state index contributed by atoms with van der Waals surface area (Å²) in [5.74, 6) is 2.37. The zero-order valence-electron chi connectivity index (χ0n) is 21.5. The number of hydrogen-bond acceptors (Lipinski definition) is 6. The van der Waals surface area contributed by atoms with Gasteiger partial charge in [-0.25, -0.2) is 0 Å². The van der Waals surface area contributed by atoms with Crippen LogP contribution in [0.3, 0.4) is 0 Å². The maximum Gasteiger partial charge on any atom is 0.193 e. The number of allylic oxidation sites excluding steroid dienone is 2. The van der Waals surface area contributed by atoms with Crippen LogP contribution >= 0.6 is 0 Å². The number of methoxy groups -OCH3 is 2. The van der Waals surface area contributed by atoms with Crippen molar-refractivity contribution in [2.24, 2.45) is 0 Å². The van der Waals surface area contributed by atoms with Crippen LogP contribution in [-0.2, 0) is 11.2 Å². The molecule has 0 unspecified atom stereocenters. The average molecular weight is 500 g/mol. The van der Waals surface area contributed by atoms with Crippen LogP contribution in [-0.4, -0.2) is 64.4 Å². The standard InChI is InChI=1S/C31H33NO5/c1-34-25-8-3-22(4-9-25)28-13-7-24-21-27(35-2)12-14-29(24)30(28)31(33)23-5-10-26(11-6-23)37-20-17-32-15-18-36-19-16-32/h3-6,8-12,14,21H,7,13,15-20H2,1-2H3. The molecule has 0 N–H and O–H groups in total. The minimum atomic E-state index is 0.0109. The normalized spacial score (nSPS) is 15.7. The van der Waals surface area contributed by atoms with Gasteiger partial charge in [-0.15, -0.1) is 0 Å². The lowest BCUT2D eigenvalue weighted by molar-refractivity contribution is 0.0322. The molecule has 5 rings (SSSR count). The summed E-state index contributed by atoms with van der Waals surface area (Å²) in [4.78, 5) is 16.3. The van der Waals surface area contributed by atoms with E-state index in [2.05, 4.69) is 4.90 Å². The molecule has 3 aromatic rings. The Labute approximate surface area is 218 Å². The quantitative estimate of drug-likeness (QED) is 0.380. The Morgan fingerprint density at radius 1 is 0.838 bits per heavy atom. The smallest absolute Gasteiger partial charge is 0.193 e. The van der Waals surface area contributed by atoms with Gasteiger partial charge in [-0.05, 0) is 83.6 Å². The highest BCUT2D eigenvalue weighted by molar-refractivity contribution is 6.35. The van der Waals surface area contributed by atoms with Crippen LogP contribution in [0, 0.1) is 0 Å². The van der Waals surface area contributed by atoms with E-state index >= 15 is 0 Å². The Kier molecular flexibility index (Phi) is 7.87. The molecule has 3 aromatic carbocycles. The van der Waals surface area contributed by atoms with Gasteiger partial charge in [-0.2, -0.15) is 0 Å². The van der Waals surface area contributed by atoms with Gasteiger partial charge in [0.1, 0.15) is 23.9 Å². The largest absolute Gasteiger partial charge is 0.497 e. The highest BCUT2D eigenvalue weighted by atomic mass is 16.5. The topological polar surface area (TPSA) is 57.2 Å². The number of benzene rings is 3. The molecule has 1 aliphatic heterocycles. The van der Waals surface area contributed by atoms with E-state index in [1.807, 2.05) is 66.7 Å². The number of ether oxygens (including phenoxy) is 4. The van der Waals surface area contributed by atoms with Crippen LogP contribution in [0.4, 0.5) is 0 Å². The summed E-state index contributed by atoms with van der Waals surface area (Å²) in [6.07, 6.45) is 1.62. The lowest BCUT2D eigenvalue weighted by atomic mass is 9.79. The Bertz CT molecular complexity index is 1260. The fourth-order valence-corrected chi connectivity index (χ4v) is 5.00. The highest BCUT2D eigenvalue weighted by Crippen LogP contribution is 2.40. The number of ketones is 1. The van der Waals surface area contributed by atoms with E-state index in [1.54, 1.807) is 14.2 Å². The second-order valence-corrected chi connectivity index (χ2v) is 9.26. The second kappa shape index (κ2) is 11.6. The van der Waals surface area contributed by atoms with Gasteiger partial charge in [0.05, 0.1) is 27.4 Å². The van der Waals surface area contributed by atoms with Crippen LogP contribution in [0.1, 0.15) is 33.5 Å². The molecule has 0 bridgehead atoms. The maximum atomic E-state index is 14.0. The minimum absolute atomic E-state index is 0.0109. The molecule has 0 spiro atoms. The third-order valence-corrected chi connectivity index (χ3v) is 7.09. The Morgan fingerprint density at radius 2 is 1.51 bits per heavy atom. The lowest BCUT2D eigenvalue weighted by Crippen LogP contribution is -2.38. The molecule has 0 aromatic heterocycles. The zero-order chi connectivity index (χ0) is 25.6. The number of carbonyl (C=O) groups excluding carboxylic acids is 1. The Hall–Kier alpha value is -3.61. The first-order valence-electron chi connectivity index (χ1n) is 12.8. The number of hydrogen-bond donors (Lipinski definition) is 0. The van der Waals surface area contributed by atoms with Crippen molar-refractivity contribution >= 4 is 16.9 Å². The predicted molar refractivity (Wildman–Crippen MR) is 145 cm³/mol. The lowest BCUT2D eigenvalue weighted by Gasteiger charge is -2.26. The predicted octanol–water partition coefficient (Wildman–Crippen LogP) is 5.15. The first-order valence-corrected chi connectivity index (χ1v) is 12.8. The van der Waals surface area contributed by atoms with Gasteiger partial charge in [0.2, 0.25) is 0 Å². The van der Waals surface area contributed by atoms with Gasteiger partial charge in [0.25, 0.3) is 0 Å². The first kappa shape index (κ1) is 25.1.